The fraction of sp³-hybridized carbons (Fsp3) is 0.500. The van der Waals surface area contributed by atoms with Gasteiger partial charge in [-0.05, 0) is 13.0 Å². The van der Waals surface area contributed by atoms with Crippen LogP contribution < -0.4 is 5.11 Å². The van der Waals surface area contributed by atoms with Crippen LogP contribution in [0.1, 0.15) is 37.2 Å². The van der Waals surface area contributed by atoms with E-state index in [0.29, 0.717) is 10.7 Å². The summed E-state index contributed by atoms with van der Waals surface area (Å²) >= 11 is 0. The molecule has 0 radical (unpaired) electrons. The van der Waals surface area contributed by atoms with Gasteiger partial charge in [-0.1, -0.05) is 0 Å². The number of carbonyl (C=O) groups excluding carboxylic acids is 1. The van der Waals surface area contributed by atoms with Gasteiger partial charge in [-0.15, -0.1) is 0 Å². The van der Waals surface area contributed by atoms with Crippen LogP contribution in [0.3, 0.4) is 0 Å². The zero-order valence-electron chi connectivity index (χ0n) is 8.03. The third-order valence-corrected chi connectivity index (χ3v) is 1.94. The average Bonchev–Trinajstić information content (AvgIpc) is 2.60. The number of aliphatic carboxylic acids is 1. The van der Waals surface area contributed by atoms with Crippen molar-refractivity contribution in [1.82, 2.24) is 9.78 Å². The van der Waals surface area contributed by atoms with Gasteiger partial charge >= 0.3 is 0 Å². The summed E-state index contributed by atoms with van der Waals surface area (Å²) in [5.41, 5.74) is -1.75. The molecule has 0 fully saturated rings. The summed E-state index contributed by atoms with van der Waals surface area (Å²) in [4.78, 5) is 10.4. The fourth-order valence-corrected chi connectivity index (χ4v) is 1.11. The lowest BCUT2D eigenvalue weighted by Gasteiger charge is -2.15. The Kier molecular flexibility index (Phi) is 3.51. The third kappa shape index (κ3) is 2.31. The Hall–Kier alpha value is -1.60. The predicted molar refractivity (Wildman–Crippen MR) is 41.9 cm³/mol. The van der Waals surface area contributed by atoms with Crippen LogP contribution in [-0.4, -0.2) is 15.7 Å². The van der Waals surface area contributed by atoms with Gasteiger partial charge in [0.1, 0.15) is 11.4 Å². The molecule has 1 aromatic heterocycles. The lowest BCUT2D eigenvalue weighted by atomic mass is 10.3. The number of carboxylic acids is 1. The van der Waals surface area contributed by atoms with Crippen molar-refractivity contribution >= 4 is 5.97 Å². The molecule has 16 heavy (non-hydrogen) atoms. The van der Waals surface area contributed by atoms with Crippen molar-refractivity contribution in [3.05, 3.63) is 17.5 Å². The molecule has 1 aromatic rings. The maximum Gasteiger partial charge on any atom is 0.282 e. The van der Waals surface area contributed by atoms with E-state index in [1.807, 2.05) is 0 Å². The van der Waals surface area contributed by atoms with E-state index in [2.05, 4.69) is 5.10 Å². The molecule has 0 unspecified atom stereocenters. The van der Waals surface area contributed by atoms with E-state index in [0.717, 1.165) is 6.92 Å². The van der Waals surface area contributed by atoms with Crippen molar-refractivity contribution < 1.29 is 27.5 Å². The molecule has 0 N–H and O–H groups in total. The van der Waals surface area contributed by atoms with Gasteiger partial charge in [0.2, 0.25) is 0 Å². The first-order valence-corrected chi connectivity index (χ1v) is 4.21. The molecule has 0 saturated carbocycles. The van der Waals surface area contributed by atoms with Gasteiger partial charge in [0.25, 0.3) is 12.9 Å². The first kappa shape index (κ1) is 12.5. The Bertz CT molecular complexity index is 391. The van der Waals surface area contributed by atoms with Gasteiger partial charge in [0.15, 0.2) is 0 Å². The monoisotopic (exact) mass is 239 g/mol. The van der Waals surface area contributed by atoms with Crippen LogP contribution in [0.25, 0.3) is 0 Å². The lowest BCUT2D eigenvalue weighted by molar-refractivity contribution is -0.310. The number of hydrogen-bond donors (Lipinski definition) is 0. The minimum atomic E-state index is -3.08. The molecule has 1 atom stereocenters. The van der Waals surface area contributed by atoms with Gasteiger partial charge in [0, 0.05) is 0 Å². The van der Waals surface area contributed by atoms with Crippen molar-refractivity contribution in [2.75, 3.05) is 0 Å². The highest BCUT2D eigenvalue weighted by Gasteiger charge is 2.23. The van der Waals surface area contributed by atoms with Crippen molar-refractivity contribution in [3.63, 3.8) is 0 Å². The molecule has 0 aliphatic rings. The molecule has 0 aromatic carbocycles. The summed E-state index contributed by atoms with van der Waals surface area (Å²) < 4.78 is 49.6. The number of carboxylic acid groups (broad SMARTS) is 1. The molecule has 0 amide bonds. The van der Waals surface area contributed by atoms with E-state index < -0.39 is 36.2 Å². The summed E-state index contributed by atoms with van der Waals surface area (Å²) in [6.45, 7) is 1.02. The molecule has 0 saturated heterocycles. The van der Waals surface area contributed by atoms with Gasteiger partial charge < -0.3 is 9.90 Å². The van der Waals surface area contributed by atoms with E-state index in [1.165, 1.54) is 0 Å². The Labute approximate surface area is 87.5 Å². The van der Waals surface area contributed by atoms with E-state index in [-0.39, 0.29) is 0 Å². The lowest BCUT2D eigenvalue weighted by Crippen LogP contribution is -2.32. The second-order valence-corrected chi connectivity index (χ2v) is 3.04. The number of halogens is 4. The summed E-state index contributed by atoms with van der Waals surface area (Å²) in [5.74, 6) is -1.68. The average molecular weight is 239 g/mol. The van der Waals surface area contributed by atoms with Crippen molar-refractivity contribution in [2.45, 2.75) is 25.8 Å². The number of alkyl halides is 4. The zero-order valence-corrected chi connectivity index (χ0v) is 8.03. The maximum absolute atomic E-state index is 12.4. The van der Waals surface area contributed by atoms with Crippen molar-refractivity contribution in [3.8, 4) is 0 Å². The third-order valence-electron chi connectivity index (χ3n) is 1.94. The van der Waals surface area contributed by atoms with E-state index in [1.54, 1.807) is 0 Å². The zero-order chi connectivity index (χ0) is 12.5. The number of aromatic nitrogens is 2. The maximum atomic E-state index is 12.4. The minimum Gasteiger partial charge on any atom is -0.548 e. The quantitative estimate of drug-likeness (QED) is 0.738. The van der Waals surface area contributed by atoms with E-state index >= 15 is 0 Å². The van der Waals surface area contributed by atoms with Crippen LogP contribution in [0.5, 0.6) is 0 Å². The normalized spacial score (nSPS) is 13.4. The largest absolute Gasteiger partial charge is 0.548 e. The molecular formula is C8H7F4N2O2-. The molecule has 1 heterocycles. The van der Waals surface area contributed by atoms with Crippen LogP contribution in [0.15, 0.2) is 6.07 Å². The highest BCUT2D eigenvalue weighted by Crippen LogP contribution is 2.27. The molecule has 0 aliphatic heterocycles. The van der Waals surface area contributed by atoms with Crippen LogP contribution in [0.2, 0.25) is 0 Å². The first-order valence-electron chi connectivity index (χ1n) is 4.21. The van der Waals surface area contributed by atoms with Gasteiger partial charge in [-0.2, -0.15) is 5.10 Å². The summed E-state index contributed by atoms with van der Waals surface area (Å²) in [6.07, 6.45) is -6.12. The van der Waals surface area contributed by atoms with Gasteiger partial charge in [-0.25, -0.2) is 17.6 Å². The Morgan fingerprint density at radius 1 is 1.38 bits per heavy atom. The standard InChI is InChI=1S/C8H8F4N2O2/c1-3(8(15)16)14-5(7(11)12)2-4(13-14)6(9)10/h2-3,6-7H,1H3,(H,15,16)/p-1/t3-/m1/s1. The molecule has 1 rings (SSSR count). The van der Waals surface area contributed by atoms with E-state index in [4.69, 9.17) is 0 Å². The summed E-state index contributed by atoms with van der Waals surface area (Å²) in [6, 6.07) is -1.05. The second-order valence-electron chi connectivity index (χ2n) is 3.04. The van der Waals surface area contributed by atoms with Crippen LogP contribution >= 0.6 is 0 Å². The van der Waals surface area contributed by atoms with Crippen molar-refractivity contribution in [1.29, 1.82) is 0 Å². The van der Waals surface area contributed by atoms with Crippen LogP contribution in [-0.2, 0) is 4.79 Å². The fourth-order valence-electron chi connectivity index (χ4n) is 1.11. The molecule has 8 heteroatoms. The van der Waals surface area contributed by atoms with E-state index in [9.17, 15) is 27.5 Å². The second kappa shape index (κ2) is 4.50. The minimum absolute atomic E-state index is 0.335. The van der Waals surface area contributed by atoms with Crippen LogP contribution in [0, 0.1) is 0 Å². The topological polar surface area (TPSA) is 57.9 Å². The number of rotatable bonds is 4. The molecule has 0 bridgehead atoms. The summed E-state index contributed by atoms with van der Waals surface area (Å²) in [5, 5.41) is 13.6. The van der Waals surface area contributed by atoms with Gasteiger partial charge in [-0.3, -0.25) is 4.68 Å². The Balaban J connectivity index is 3.20. The molecule has 0 spiro atoms. The molecular weight excluding hydrogens is 232 g/mol. The Morgan fingerprint density at radius 3 is 2.31 bits per heavy atom. The summed E-state index contributed by atoms with van der Waals surface area (Å²) in [7, 11) is 0. The van der Waals surface area contributed by atoms with Crippen molar-refractivity contribution in [2.24, 2.45) is 0 Å². The first-order chi connectivity index (χ1) is 7.34. The number of nitrogens with zero attached hydrogens (tertiary/aromatic N) is 2. The van der Waals surface area contributed by atoms with Crippen LogP contribution in [0.4, 0.5) is 17.6 Å². The smallest absolute Gasteiger partial charge is 0.282 e. The molecule has 90 valence electrons. The highest BCUT2D eigenvalue weighted by molar-refractivity contribution is 5.69. The molecule has 0 aliphatic carbocycles. The highest BCUT2D eigenvalue weighted by atomic mass is 19.3. The molecule has 4 nitrogen and oxygen atoms in total. The number of carbonyl (C=O) groups is 1. The predicted octanol–water partition coefficient (Wildman–Crippen LogP) is 1.07. The SMILES string of the molecule is C[C@H](C(=O)[O-])n1nc(C(F)F)cc1C(F)F. The van der Waals surface area contributed by atoms with Gasteiger partial charge in [0.05, 0.1) is 12.0 Å². The number of hydrogen-bond acceptors (Lipinski definition) is 3. The Morgan fingerprint density at radius 2 is 1.94 bits per heavy atom.